The highest BCUT2D eigenvalue weighted by molar-refractivity contribution is 6.06. The summed E-state index contributed by atoms with van der Waals surface area (Å²) in [6.45, 7) is -0.0448. The zero-order valence-corrected chi connectivity index (χ0v) is 43.9. The topological polar surface area (TPSA) is 200 Å². The number of nitrogens with one attached hydrogen (secondary N) is 4. The van der Waals surface area contributed by atoms with Gasteiger partial charge >= 0.3 is 0 Å². The molecule has 12 heteroatoms. The van der Waals surface area contributed by atoms with E-state index < -0.39 is 53.4 Å². The first kappa shape index (κ1) is 51.0. The molecule has 0 amide bonds. The van der Waals surface area contributed by atoms with Gasteiger partial charge in [-0.25, -0.2) is 0 Å². The number of aliphatic hydroxyl groups excluding tert-OH is 2. The number of aromatic hydroxyl groups is 2. The number of carbonyl (C=O) groups excluding carboxylic acids is 2. The first-order valence-corrected chi connectivity index (χ1v) is 28.1. The molecule has 2 aliphatic heterocycles. The van der Waals surface area contributed by atoms with Crippen molar-refractivity contribution in [3.63, 3.8) is 0 Å². The third-order valence-corrected chi connectivity index (χ3v) is 18.5. The van der Waals surface area contributed by atoms with Crippen molar-refractivity contribution in [2.24, 2.45) is 23.7 Å². The molecule has 4 heterocycles. The standard InChI is InChI=1S/C65H70N4O8/c1-66-37-42-16-18-53-57-50-12-5-8-45-9-6-25-65(45,62(42)75)52-17-14-38(31-43(52)35-41-22-28-68-63(41)69-53)32-44-33-39(34-56(60(44)73)77-46-10-2-3-11-46)15-19-55(72)49(24-30-70)61(74)58(57)51(48-23-29-67-59(48)50)36-64(76)26-20-40-7-4-13-54(71)47(40)21-27-64/h4,7,13-14,17,21-23,27-29,31,33-34,42,45-46,49,51,53,58,62,66-71,73,75-76H,2-3,6,9-12,15,19-20,24-26,30,32,35-37H2,1H3/t42-,45-,49-,51+,53+,58-,62-,64+,65-/m0/s1. The van der Waals surface area contributed by atoms with Gasteiger partial charge in [0.25, 0.3) is 0 Å². The first-order chi connectivity index (χ1) is 37.4. The van der Waals surface area contributed by atoms with Crippen LogP contribution < -0.4 is 15.4 Å². The number of rotatable bonds is 8. The van der Waals surface area contributed by atoms with Crippen LogP contribution in [0.3, 0.4) is 0 Å². The molecule has 0 unspecified atom stereocenters. The van der Waals surface area contributed by atoms with E-state index in [1.807, 2.05) is 43.7 Å². The highest BCUT2D eigenvalue weighted by Gasteiger charge is 2.53. The van der Waals surface area contributed by atoms with Gasteiger partial charge < -0.3 is 50.9 Å². The molecule has 5 aliphatic carbocycles. The fourth-order valence-corrected chi connectivity index (χ4v) is 14.7. The Kier molecular flexibility index (Phi) is 13.8. The predicted molar refractivity (Wildman–Crippen MR) is 296 cm³/mol. The number of aryl methyl sites for hydroxylation is 2. The van der Waals surface area contributed by atoms with Crippen LogP contribution >= 0.6 is 0 Å². The summed E-state index contributed by atoms with van der Waals surface area (Å²) in [4.78, 5) is 38.9. The summed E-state index contributed by atoms with van der Waals surface area (Å²) in [5, 5.41) is 67.6. The van der Waals surface area contributed by atoms with Crippen molar-refractivity contribution in [1.82, 2.24) is 15.3 Å². The maximum atomic E-state index is 16.5. The zero-order valence-electron chi connectivity index (χ0n) is 43.9. The van der Waals surface area contributed by atoms with E-state index in [0.29, 0.717) is 66.9 Å². The Bertz CT molecular complexity index is 3320. The molecule has 7 aliphatic rings. The minimum Gasteiger partial charge on any atom is -0.507 e. The van der Waals surface area contributed by atoms with E-state index in [-0.39, 0.29) is 67.2 Å². The number of ether oxygens (including phenoxy) is 1. The van der Waals surface area contributed by atoms with Gasteiger partial charge in [-0.3, -0.25) is 9.59 Å². The quantitative estimate of drug-likeness (QED) is 0.0535. The second-order valence-corrected chi connectivity index (χ2v) is 23.1. The monoisotopic (exact) mass is 1030 g/mol. The van der Waals surface area contributed by atoms with Crippen LogP contribution in [0.2, 0.25) is 0 Å². The number of phenols is 2. The second kappa shape index (κ2) is 20.9. The molecule has 398 valence electrons. The SMILES string of the molecule is CNC[C@@H]1C#C[C@H]2Nc3[nH]ccc3Cc3cc4ccc3[C@@]3(CCC[C@@H]3C#CCC3=C2[C@@H](C(=O)[C@@H](CCO)C(=O)CCc2cc(c(O)c(OC5CCCC5)c2)C4)[C@H](C[C@]2(O)C=Cc4c(O)cccc4CC2)c2cc[nH]c23)[C@H]1O. The lowest BCUT2D eigenvalue weighted by molar-refractivity contribution is -0.135. The fraction of sp³-hybridized carbons (Fsp3) is 0.446. The molecule has 12 nitrogen and oxygen atoms in total. The number of hydrogen-bond acceptors (Lipinski definition) is 10. The van der Waals surface area contributed by atoms with E-state index in [2.05, 4.69) is 68.5 Å². The van der Waals surface area contributed by atoms with E-state index in [1.165, 1.54) is 0 Å². The van der Waals surface area contributed by atoms with E-state index in [4.69, 9.17) is 4.74 Å². The Morgan fingerprint density at radius 2 is 1.69 bits per heavy atom. The molecule has 9 atom stereocenters. The van der Waals surface area contributed by atoms with Crippen molar-refractivity contribution in [2.45, 2.75) is 138 Å². The summed E-state index contributed by atoms with van der Waals surface area (Å²) in [6.07, 6.45) is 14.6. The second-order valence-electron chi connectivity index (χ2n) is 23.1. The molecule has 0 radical (unpaired) electrons. The van der Waals surface area contributed by atoms with Crippen molar-refractivity contribution in [3.05, 3.63) is 140 Å². The van der Waals surface area contributed by atoms with Crippen molar-refractivity contribution < 1.29 is 39.9 Å². The van der Waals surface area contributed by atoms with Gasteiger partial charge in [-0.05, 0) is 152 Å². The average molecular weight is 1040 g/mol. The molecule has 2 saturated carbocycles. The van der Waals surface area contributed by atoms with Gasteiger partial charge in [0, 0.05) is 85.3 Å². The van der Waals surface area contributed by atoms with Crippen LogP contribution in [0.5, 0.6) is 17.2 Å². The molecular weight excluding hydrogens is 965 g/mol. The van der Waals surface area contributed by atoms with Crippen LogP contribution in [0.4, 0.5) is 5.82 Å². The number of aromatic amines is 2. The Balaban J connectivity index is 1.12. The number of allylic oxidation sites excluding steroid dienone is 1. The van der Waals surface area contributed by atoms with Crippen LogP contribution in [-0.2, 0) is 40.7 Å². The first-order valence-electron chi connectivity index (χ1n) is 28.1. The summed E-state index contributed by atoms with van der Waals surface area (Å²) < 4.78 is 6.59. The van der Waals surface area contributed by atoms with Crippen LogP contribution in [0.25, 0.3) is 11.6 Å². The number of fused-ring (bicyclic) bond motifs is 8. The maximum Gasteiger partial charge on any atom is 0.161 e. The zero-order chi connectivity index (χ0) is 53.0. The summed E-state index contributed by atoms with van der Waals surface area (Å²) in [6, 6.07) is 18.9. The van der Waals surface area contributed by atoms with Crippen LogP contribution in [-0.4, -0.2) is 91.1 Å². The summed E-state index contributed by atoms with van der Waals surface area (Å²) in [5.74, 6) is 11.5. The molecule has 6 bridgehead atoms. The van der Waals surface area contributed by atoms with Gasteiger partial charge in [-0.2, -0.15) is 0 Å². The molecule has 3 aromatic carbocycles. The summed E-state index contributed by atoms with van der Waals surface area (Å²) in [7, 11) is 1.87. The third kappa shape index (κ3) is 9.31. The van der Waals surface area contributed by atoms with Crippen LogP contribution in [0, 0.1) is 47.4 Å². The van der Waals surface area contributed by atoms with Gasteiger partial charge in [-0.1, -0.05) is 78.7 Å². The number of carbonyl (C=O) groups is 2. The molecule has 77 heavy (non-hydrogen) atoms. The number of H-pyrrole nitrogens is 2. The molecule has 9 N–H and O–H groups in total. The minimum atomic E-state index is -1.47. The van der Waals surface area contributed by atoms with Crippen molar-refractivity contribution in [1.29, 1.82) is 0 Å². The van der Waals surface area contributed by atoms with Gasteiger partial charge in [0.05, 0.1) is 35.6 Å². The molecule has 0 saturated heterocycles. The highest BCUT2D eigenvalue weighted by Crippen LogP contribution is 2.54. The average Bonchev–Trinajstić information content (AvgIpc) is 4.29. The number of hydrogen-bond donors (Lipinski definition) is 9. The minimum absolute atomic E-state index is 0.0126. The number of phenolic OH excluding ortho intramolecular Hbond substituents is 2. The van der Waals surface area contributed by atoms with E-state index in [0.717, 1.165) is 88.7 Å². The van der Waals surface area contributed by atoms with Gasteiger partial charge in [0.15, 0.2) is 17.3 Å². The summed E-state index contributed by atoms with van der Waals surface area (Å²) in [5.41, 5.74) is 7.77. The number of anilines is 1. The lowest BCUT2D eigenvalue weighted by atomic mass is 9.62. The maximum absolute atomic E-state index is 16.5. The largest absolute Gasteiger partial charge is 0.507 e. The Hall–Kier alpha value is -6.80. The smallest absolute Gasteiger partial charge is 0.161 e. The van der Waals surface area contributed by atoms with Crippen molar-refractivity contribution in [2.75, 3.05) is 25.5 Å². The van der Waals surface area contributed by atoms with E-state index in [9.17, 15) is 25.5 Å². The van der Waals surface area contributed by atoms with E-state index >= 15 is 9.59 Å². The number of ketones is 2. The van der Waals surface area contributed by atoms with E-state index in [1.54, 1.807) is 24.3 Å². The van der Waals surface area contributed by atoms with Crippen molar-refractivity contribution in [3.8, 4) is 40.9 Å². The number of aliphatic hydroxyl groups is 3. The highest BCUT2D eigenvalue weighted by atomic mass is 16.5. The number of benzene rings is 3. The Morgan fingerprint density at radius 1 is 0.844 bits per heavy atom. The Labute approximate surface area is 450 Å². The third-order valence-electron chi connectivity index (χ3n) is 18.5. The molecule has 1 spiro atoms. The molecule has 2 aromatic heterocycles. The van der Waals surface area contributed by atoms with Gasteiger partial charge in [0.1, 0.15) is 23.4 Å². The van der Waals surface area contributed by atoms with Crippen LogP contribution in [0.15, 0.2) is 84.7 Å². The lowest BCUT2D eigenvalue weighted by Crippen LogP contribution is -2.49. The molecular formula is C65H70N4O8. The molecule has 12 rings (SSSR count). The predicted octanol–water partition coefficient (Wildman–Crippen LogP) is 8.73. The van der Waals surface area contributed by atoms with Crippen LogP contribution in [0.1, 0.15) is 139 Å². The number of Topliss-reactive ketones (excluding diaryl/α,β-unsaturated/α-hetero) is 2. The number of aromatic nitrogens is 2. The van der Waals surface area contributed by atoms with Gasteiger partial charge in [0.2, 0.25) is 0 Å². The summed E-state index contributed by atoms with van der Waals surface area (Å²) >= 11 is 0. The molecule has 2 fully saturated rings. The normalized spacial score (nSPS) is 28.6. The fourth-order valence-electron chi connectivity index (χ4n) is 14.7. The van der Waals surface area contributed by atoms with Gasteiger partial charge in [-0.15, -0.1) is 0 Å². The molecule has 5 aromatic rings. The lowest BCUT2D eigenvalue weighted by Gasteiger charge is -2.43. The van der Waals surface area contributed by atoms with Crippen molar-refractivity contribution >= 4 is 29.0 Å². The Morgan fingerprint density at radius 3 is 2.53 bits per heavy atom.